The molecule has 2 rings (SSSR count). The Balaban J connectivity index is 2.71. The maximum absolute atomic E-state index is 13.8. The quantitative estimate of drug-likeness (QED) is 0.535. The van der Waals surface area contributed by atoms with E-state index in [1.54, 1.807) is 0 Å². The lowest BCUT2D eigenvalue weighted by atomic mass is 10.0. The van der Waals surface area contributed by atoms with Crippen LogP contribution in [0.25, 0.3) is 0 Å². The Morgan fingerprint density at radius 2 is 1.50 bits per heavy atom. The average molecular weight is 291 g/mol. The van der Waals surface area contributed by atoms with Crippen molar-refractivity contribution >= 4 is 0 Å². The maximum Gasteiger partial charge on any atom is 0.200 e. The van der Waals surface area contributed by atoms with Crippen LogP contribution in [0.5, 0.6) is 0 Å². The molecule has 1 atom stereocenters. The van der Waals surface area contributed by atoms with Crippen LogP contribution in [0, 0.1) is 29.1 Å². The Hall–Kier alpha value is -1.96. The molecule has 1 N–H and O–H groups in total. The third kappa shape index (κ3) is 2.05. The molecular formula is C12H10F5N3. The number of nitrogens with one attached hydrogen (secondary N) is 1. The van der Waals surface area contributed by atoms with Crippen LogP contribution in [0.15, 0.2) is 12.3 Å². The summed E-state index contributed by atoms with van der Waals surface area (Å²) in [5.41, 5.74) is -0.678. The molecule has 2 aromatic rings. The standard InChI is InChI=1S/C12H10F5N3/c1-18-12(5-3-4-19-20(5)2)6-7(13)9(15)11(17)10(16)8(6)14/h3-4,12,18H,1-2H3. The molecule has 0 saturated heterocycles. The van der Waals surface area contributed by atoms with E-state index in [-0.39, 0.29) is 5.69 Å². The van der Waals surface area contributed by atoms with Crippen molar-refractivity contribution < 1.29 is 22.0 Å². The SMILES string of the molecule is CNC(c1c(F)c(F)c(F)c(F)c1F)c1ccnn1C. The third-order valence-corrected chi connectivity index (χ3v) is 2.98. The van der Waals surface area contributed by atoms with Crippen LogP contribution in [0.3, 0.4) is 0 Å². The molecule has 1 aromatic carbocycles. The fraction of sp³-hybridized carbons (Fsp3) is 0.250. The van der Waals surface area contributed by atoms with Gasteiger partial charge in [0.1, 0.15) is 0 Å². The molecule has 0 fully saturated rings. The van der Waals surface area contributed by atoms with Crippen molar-refractivity contribution in [1.82, 2.24) is 15.1 Å². The minimum absolute atomic E-state index is 0.260. The predicted molar refractivity (Wildman–Crippen MR) is 60.3 cm³/mol. The fourth-order valence-electron chi connectivity index (χ4n) is 1.98. The van der Waals surface area contributed by atoms with Crippen LogP contribution in [-0.2, 0) is 7.05 Å². The Morgan fingerprint density at radius 3 is 1.90 bits per heavy atom. The van der Waals surface area contributed by atoms with E-state index in [0.29, 0.717) is 0 Å². The van der Waals surface area contributed by atoms with Gasteiger partial charge >= 0.3 is 0 Å². The molecule has 0 radical (unpaired) electrons. The van der Waals surface area contributed by atoms with Gasteiger partial charge in [-0.3, -0.25) is 4.68 Å². The van der Waals surface area contributed by atoms with Crippen molar-refractivity contribution in [2.75, 3.05) is 7.05 Å². The minimum Gasteiger partial charge on any atom is -0.308 e. The van der Waals surface area contributed by atoms with Crippen LogP contribution in [-0.4, -0.2) is 16.8 Å². The minimum atomic E-state index is -2.18. The van der Waals surface area contributed by atoms with Gasteiger partial charge in [0.25, 0.3) is 0 Å². The summed E-state index contributed by atoms with van der Waals surface area (Å²) in [6, 6.07) is 0.200. The summed E-state index contributed by atoms with van der Waals surface area (Å²) in [5.74, 6) is -9.84. The van der Waals surface area contributed by atoms with E-state index in [4.69, 9.17) is 0 Å². The molecule has 0 aliphatic carbocycles. The second kappa shape index (κ2) is 5.20. The van der Waals surface area contributed by atoms with Crippen molar-refractivity contribution in [3.8, 4) is 0 Å². The number of hydrogen-bond donors (Lipinski definition) is 1. The molecule has 0 aliphatic rings. The van der Waals surface area contributed by atoms with Crippen LogP contribution < -0.4 is 5.32 Å². The zero-order valence-electron chi connectivity index (χ0n) is 10.5. The van der Waals surface area contributed by atoms with Crippen molar-refractivity contribution in [3.63, 3.8) is 0 Å². The summed E-state index contributed by atoms with van der Waals surface area (Å²) < 4.78 is 68.3. The van der Waals surface area contributed by atoms with E-state index < -0.39 is 40.7 Å². The first-order valence-corrected chi connectivity index (χ1v) is 5.56. The van der Waals surface area contributed by atoms with E-state index in [0.717, 1.165) is 0 Å². The van der Waals surface area contributed by atoms with Crippen molar-refractivity contribution in [2.45, 2.75) is 6.04 Å². The lowest BCUT2D eigenvalue weighted by molar-refractivity contribution is 0.362. The van der Waals surface area contributed by atoms with Gasteiger partial charge in [0.2, 0.25) is 5.82 Å². The van der Waals surface area contributed by atoms with Gasteiger partial charge in [-0.15, -0.1) is 0 Å². The number of nitrogens with zero attached hydrogens (tertiary/aromatic N) is 2. The number of benzene rings is 1. The molecule has 0 aliphatic heterocycles. The van der Waals surface area contributed by atoms with Gasteiger partial charge in [-0.1, -0.05) is 0 Å². The summed E-state index contributed by atoms with van der Waals surface area (Å²) in [4.78, 5) is 0. The topological polar surface area (TPSA) is 29.9 Å². The monoisotopic (exact) mass is 291 g/mol. The normalized spacial score (nSPS) is 12.8. The lowest BCUT2D eigenvalue weighted by Crippen LogP contribution is -2.24. The van der Waals surface area contributed by atoms with Gasteiger partial charge in [0, 0.05) is 13.2 Å². The third-order valence-electron chi connectivity index (χ3n) is 2.98. The van der Waals surface area contributed by atoms with E-state index in [9.17, 15) is 22.0 Å². The molecule has 0 spiro atoms. The summed E-state index contributed by atoms with van der Waals surface area (Å²) in [5, 5.41) is 6.32. The highest BCUT2D eigenvalue weighted by Crippen LogP contribution is 2.30. The van der Waals surface area contributed by atoms with Gasteiger partial charge in [-0.25, -0.2) is 22.0 Å². The summed E-state index contributed by atoms with van der Waals surface area (Å²) in [6.07, 6.45) is 1.35. The van der Waals surface area contributed by atoms with Gasteiger partial charge in [0.05, 0.1) is 17.3 Å². The van der Waals surface area contributed by atoms with Crippen LogP contribution in [0.1, 0.15) is 17.3 Å². The number of aryl methyl sites for hydroxylation is 1. The molecule has 3 nitrogen and oxygen atoms in total. The molecule has 0 amide bonds. The smallest absolute Gasteiger partial charge is 0.200 e. The Labute approximate surface area is 111 Å². The van der Waals surface area contributed by atoms with E-state index in [1.165, 1.54) is 31.0 Å². The first-order chi connectivity index (χ1) is 9.40. The molecule has 1 heterocycles. The Bertz CT molecular complexity index is 624. The second-order valence-electron chi connectivity index (χ2n) is 4.08. The van der Waals surface area contributed by atoms with Crippen LogP contribution in [0.2, 0.25) is 0 Å². The summed E-state index contributed by atoms with van der Waals surface area (Å²) >= 11 is 0. The Kier molecular flexibility index (Phi) is 3.76. The largest absolute Gasteiger partial charge is 0.308 e. The van der Waals surface area contributed by atoms with E-state index in [2.05, 4.69) is 10.4 Å². The van der Waals surface area contributed by atoms with Crippen molar-refractivity contribution in [1.29, 1.82) is 0 Å². The van der Waals surface area contributed by atoms with Gasteiger partial charge in [-0.05, 0) is 13.1 Å². The number of aromatic nitrogens is 2. The number of rotatable bonds is 3. The molecule has 108 valence electrons. The lowest BCUT2D eigenvalue weighted by Gasteiger charge is -2.19. The molecular weight excluding hydrogens is 281 g/mol. The molecule has 8 heteroatoms. The van der Waals surface area contributed by atoms with E-state index in [1.807, 2.05) is 0 Å². The highest BCUT2D eigenvalue weighted by atomic mass is 19.2. The molecule has 0 saturated carbocycles. The number of halogens is 5. The highest BCUT2D eigenvalue weighted by molar-refractivity contribution is 5.32. The second-order valence-corrected chi connectivity index (χ2v) is 4.08. The fourth-order valence-corrected chi connectivity index (χ4v) is 1.98. The highest BCUT2D eigenvalue weighted by Gasteiger charge is 2.31. The molecule has 1 aromatic heterocycles. The van der Waals surface area contributed by atoms with Crippen LogP contribution >= 0.6 is 0 Å². The molecule has 0 bridgehead atoms. The van der Waals surface area contributed by atoms with Crippen molar-refractivity contribution in [2.24, 2.45) is 7.05 Å². The molecule has 1 unspecified atom stereocenters. The zero-order valence-corrected chi connectivity index (χ0v) is 10.5. The van der Waals surface area contributed by atoms with Gasteiger partial charge in [0.15, 0.2) is 23.3 Å². The van der Waals surface area contributed by atoms with Gasteiger partial charge < -0.3 is 5.32 Å². The zero-order chi connectivity index (χ0) is 15.0. The average Bonchev–Trinajstić information content (AvgIpc) is 2.85. The number of hydrogen-bond acceptors (Lipinski definition) is 2. The summed E-state index contributed by atoms with van der Waals surface area (Å²) in [7, 11) is 2.83. The van der Waals surface area contributed by atoms with Gasteiger partial charge in [-0.2, -0.15) is 5.10 Å². The first-order valence-electron chi connectivity index (χ1n) is 5.56. The Morgan fingerprint density at radius 1 is 1.00 bits per heavy atom. The van der Waals surface area contributed by atoms with Crippen molar-refractivity contribution in [3.05, 3.63) is 52.6 Å². The molecule has 20 heavy (non-hydrogen) atoms. The summed E-state index contributed by atoms with van der Waals surface area (Å²) in [6.45, 7) is 0. The van der Waals surface area contributed by atoms with Crippen LogP contribution in [0.4, 0.5) is 22.0 Å². The van der Waals surface area contributed by atoms with E-state index >= 15 is 0 Å². The first kappa shape index (κ1) is 14.4. The predicted octanol–water partition coefficient (Wildman–Crippen LogP) is 2.42. The maximum atomic E-state index is 13.8.